The van der Waals surface area contributed by atoms with Crippen LogP contribution in [0.15, 0.2) is 42.5 Å². The van der Waals surface area contributed by atoms with Crippen molar-refractivity contribution in [3.63, 3.8) is 0 Å². The zero-order chi connectivity index (χ0) is 16.6. The van der Waals surface area contributed by atoms with E-state index >= 15 is 0 Å². The Morgan fingerprint density at radius 2 is 1.88 bits per heavy atom. The summed E-state index contributed by atoms with van der Waals surface area (Å²) in [6.07, 6.45) is 10.8. The summed E-state index contributed by atoms with van der Waals surface area (Å²) in [7, 11) is 0. The molecule has 0 amide bonds. The van der Waals surface area contributed by atoms with Crippen LogP contribution in [0.5, 0.6) is 11.5 Å². The molecule has 1 heterocycles. The topological polar surface area (TPSA) is 29.5 Å². The second-order valence-electron chi connectivity index (χ2n) is 7.04. The van der Waals surface area contributed by atoms with Crippen LogP contribution in [0.3, 0.4) is 0 Å². The van der Waals surface area contributed by atoms with Crippen LogP contribution < -0.4 is 4.74 Å². The zero-order valence-electron chi connectivity index (χ0n) is 15.7. The van der Waals surface area contributed by atoms with Crippen molar-refractivity contribution in [2.24, 2.45) is 0 Å². The molecule has 1 aromatic carbocycles. The summed E-state index contributed by atoms with van der Waals surface area (Å²) in [5.74, 6) is 1.63. The zero-order valence-corrected chi connectivity index (χ0v) is 18.4. The standard InChI is InChI=1S/C21H26O2.CH3.Re/c1-5-9-17-16(6-2)20-18(22)12-15(14-10-7-8-11-14)13-19(20)23-21(17,3)4;;/h5-6,9,12-14,22H,2,7-8,10-11H2,1,3-4H3;1H3;/q;-1;/b9-5-;;. The Morgan fingerprint density at radius 1 is 1.24 bits per heavy atom. The average molecular weight is 512 g/mol. The molecule has 0 spiro atoms. The fourth-order valence-corrected chi connectivity index (χ4v) is 3.93. The summed E-state index contributed by atoms with van der Waals surface area (Å²) >= 11 is 0. The van der Waals surface area contributed by atoms with Crippen LogP contribution in [0, 0.1) is 7.43 Å². The van der Waals surface area contributed by atoms with Crippen molar-refractivity contribution in [2.45, 2.75) is 58.0 Å². The molecule has 0 atom stereocenters. The molecule has 1 radical (unpaired) electrons. The smallest absolute Gasteiger partial charge is 0.132 e. The SMILES string of the molecule is C=CC1=C(/C=C\C)C(C)(C)Oc2cc(C3CCCC3)cc(O)c21.[CH3-].[Re]. The van der Waals surface area contributed by atoms with Gasteiger partial charge in [-0.3, -0.25) is 0 Å². The van der Waals surface area contributed by atoms with Gasteiger partial charge in [-0.2, -0.15) is 0 Å². The second kappa shape index (κ2) is 8.39. The van der Waals surface area contributed by atoms with E-state index in [1.165, 1.54) is 31.2 Å². The summed E-state index contributed by atoms with van der Waals surface area (Å²) in [5, 5.41) is 10.7. The van der Waals surface area contributed by atoms with E-state index in [0.29, 0.717) is 11.7 Å². The van der Waals surface area contributed by atoms with Crippen molar-refractivity contribution in [1.82, 2.24) is 0 Å². The van der Waals surface area contributed by atoms with E-state index in [0.717, 1.165) is 22.5 Å². The Morgan fingerprint density at radius 3 is 2.44 bits per heavy atom. The first kappa shape index (κ1) is 21.7. The van der Waals surface area contributed by atoms with Gasteiger partial charge in [0.05, 0.1) is 5.56 Å². The maximum Gasteiger partial charge on any atom is 0.132 e. The third kappa shape index (κ3) is 3.94. The number of rotatable bonds is 3. The molecule has 2 nitrogen and oxygen atoms in total. The number of fused-ring (bicyclic) bond motifs is 1. The van der Waals surface area contributed by atoms with E-state index in [9.17, 15) is 5.11 Å². The molecule has 25 heavy (non-hydrogen) atoms. The molecule has 0 unspecified atom stereocenters. The van der Waals surface area contributed by atoms with Gasteiger partial charge < -0.3 is 17.3 Å². The quantitative estimate of drug-likeness (QED) is 0.491. The van der Waals surface area contributed by atoms with Crippen molar-refractivity contribution >= 4 is 5.57 Å². The molecule has 0 aromatic heterocycles. The van der Waals surface area contributed by atoms with E-state index in [4.69, 9.17) is 4.74 Å². The summed E-state index contributed by atoms with van der Waals surface area (Å²) in [6, 6.07) is 4.05. The molecule has 0 saturated heterocycles. The summed E-state index contributed by atoms with van der Waals surface area (Å²) in [6.45, 7) is 10.1. The van der Waals surface area contributed by atoms with E-state index < -0.39 is 5.60 Å². The van der Waals surface area contributed by atoms with Gasteiger partial charge in [0, 0.05) is 26.0 Å². The molecule has 1 aromatic rings. The van der Waals surface area contributed by atoms with Crippen LogP contribution in [0.1, 0.15) is 63.5 Å². The van der Waals surface area contributed by atoms with Crippen molar-refractivity contribution in [3.05, 3.63) is 61.1 Å². The Kier molecular flexibility index (Phi) is 7.30. The first-order chi connectivity index (χ1) is 11.0. The largest absolute Gasteiger partial charge is 0.507 e. The third-order valence-corrected chi connectivity index (χ3v) is 5.04. The monoisotopic (exact) mass is 512 g/mol. The molecule has 137 valence electrons. The van der Waals surface area contributed by atoms with Gasteiger partial charge in [-0.1, -0.05) is 37.6 Å². The normalized spacial score (nSPS) is 19.0. The van der Waals surface area contributed by atoms with Crippen LogP contribution in [0.4, 0.5) is 0 Å². The summed E-state index contributed by atoms with van der Waals surface area (Å²) in [4.78, 5) is 0. The number of phenols is 1. The molecular formula is C22H29O2Re-. The molecule has 3 rings (SSSR count). The molecule has 1 aliphatic heterocycles. The predicted octanol–water partition coefficient (Wildman–Crippen LogP) is 6.18. The number of aromatic hydroxyl groups is 1. The Labute approximate surface area is 166 Å². The predicted molar refractivity (Wildman–Crippen MR) is 102 cm³/mol. The van der Waals surface area contributed by atoms with Gasteiger partial charge in [0.2, 0.25) is 0 Å². The maximum absolute atomic E-state index is 10.7. The molecule has 1 N–H and O–H groups in total. The van der Waals surface area contributed by atoms with Gasteiger partial charge in [0.25, 0.3) is 0 Å². The third-order valence-electron chi connectivity index (χ3n) is 5.04. The van der Waals surface area contributed by atoms with Crippen LogP contribution in [0.25, 0.3) is 5.57 Å². The summed E-state index contributed by atoms with van der Waals surface area (Å²) < 4.78 is 6.28. The van der Waals surface area contributed by atoms with Gasteiger partial charge in [-0.05, 0) is 62.8 Å². The average Bonchev–Trinajstić information content (AvgIpc) is 3.02. The number of hydrogen-bond acceptors (Lipinski definition) is 2. The number of benzene rings is 1. The van der Waals surface area contributed by atoms with Crippen LogP contribution in [-0.2, 0) is 20.4 Å². The molecule has 1 fully saturated rings. The molecule has 2 aliphatic rings. The number of phenolic OH excluding ortho intramolecular Hbond substituents is 1. The molecule has 1 aliphatic carbocycles. The van der Waals surface area contributed by atoms with E-state index in [2.05, 4.69) is 26.5 Å². The maximum atomic E-state index is 10.7. The fraction of sp³-hybridized carbons (Fsp3) is 0.409. The van der Waals surface area contributed by atoms with Gasteiger partial charge in [-0.25, -0.2) is 0 Å². The second-order valence-corrected chi connectivity index (χ2v) is 7.04. The number of allylic oxidation sites excluding steroid dienone is 3. The van der Waals surface area contributed by atoms with Crippen molar-refractivity contribution in [2.75, 3.05) is 0 Å². The summed E-state index contributed by atoms with van der Waals surface area (Å²) in [5.41, 5.74) is 3.54. The van der Waals surface area contributed by atoms with Crippen LogP contribution >= 0.6 is 0 Å². The Balaban J connectivity index is 0.00000156. The Hall–Kier alpha value is -1.30. The Bertz CT molecular complexity index is 692. The fourth-order valence-electron chi connectivity index (χ4n) is 3.93. The number of hydrogen-bond donors (Lipinski definition) is 1. The minimum Gasteiger partial charge on any atom is -0.507 e. The van der Waals surface area contributed by atoms with E-state index in [1.54, 1.807) is 0 Å². The minimum absolute atomic E-state index is 0. The van der Waals surface area contributed by atoms with E-state index in [-0.39, 0.29) is 27.8 Å². The molecular weight excluding hydrogens is 482 g/mol. The molecule has 3 heteroatoms. The molecule has 0 bridgehead atoms. The van der Waals surface area contributed by atoms with Gasteiger partial charge >= 0.3 is 0 Å². The van der Waals surface area contributed by atoms with Gasteiger partial charge in [0.15, 0.2) is 0 Å². The van der Waals surface area contributed by atoms with Crippen molar-refractivity contribution in [3.8, 4) is 11.5 Å². The van der Waals surface area contributed by atoms with Crippen LogP contribution in [0.2, 0.25) is 0 Å². The number of ether oxygens (including phenoxy) is 1. The first-order valence-electron chi connectivity index (χ1n) is 8.54. The first-order valence-corrected chi connectivity index (χ1v) is 8.54. The van der Waals surface area contributed by atoms with Gasteiger partial charge in [-0.15, -0.1) is 0 Å². The van der Waals surface area contributed by atoms with Crippen molar-refractivity contribution < 1.29 is 30.3 Å². The van der Waals surface area contributed by atoms with Gasteiger partial charge in [0.1, 0.15) is 17.1 Å². The van der Waals surface area contributed by atoms with E-state index in [1.807, 2.05) is 31.2 Å². The molecule has 1 saturated carbocycles. The van der Waals surface area contributed by atoms with Crippen LogP contribution in [-0.4, -0.2) is 10.7 Å². The van der Waals surface area contributed by atoms with Crippen molar-refractivity contribution in [1.29, 1.82) is 0 Å². The minimum atomic E-state index is -0.441.